The van der Waals surface area contributed by atoms with Crippen molar-refractivity contribution in [1.29, 1.82) is 0 Å². The summed E-state index contributed by atoms with van der Waals surface area (Å²) < 4.78 is 34.4. The van der Waals surface area contributed by atoms with Crippen LogP contribution >= 0.6 is 24.0 Å². The molecule has 0 aromatic carbocycles. The topological polar surface area (TPSA) is 0 Å². The van der Waals surface area contributed by atoms with E-state index in [1.54, 1.807) is 6.92 Å². The average molecular weight is 307 g/mol. The van der Waals surface area contributed by atoms with Crippen LogP contribution in [0, 0.1) is 0 Å². The van der Waals surface area contributed by atoms with E-state index < -0.39 is 21.3 Å². The number of unbranched alkanes of at least 4 members (excludes halogenated alkanes) is 1. The minimum absolute atomic E-state index is 0. The molecule has 0 fully saturated rings. The first kappa shape index (κ1) is 12.8. The molecule has 0 unspecified atom stereocenters. The maximum atomic E-state index is 11.5. The summed E-state index contributed by atoms with van der Waals surface area (Å²) in [5, 5.41) is -0.417. The number of rotatable bonds is 3. The zero-order valence-electron chi connectivity index (χ0n) is 5.37. The maximum absolute atomic E-state index is 11.5. The van der Waals surface area contributed by atoms with E-state index in [2.05, 4.69) is 0 Å². The van der Waals surface area contributed by atoms with Gasteiger partial charge < -0.3 is 0 Å². The second-order valence-corrected chi connectivity index (χ2v) is 7.21. The van der Waals surface area contributed by atoms with Crippen LogP contribution in [0.1, 0.15) is 19.8 Å². The first-order chi connectivity index (χ1) is 3.56. The van der Waals surface area contributed by atoms with E-state index in [9.17, 15) is 9.95 Å². The Hall–Kier alpha value is 1.14. The molecular weight excluding hydrogens is 297 g/mol. The molecule has 0 amide bonds. The van der Waals surface area contributed by atoms with Crippen LogP contribution in [-0.2, 0) is 16.3 Å². The molecule has 5 heteroatoms. The van der Waals surface area contributed by atoms with Crippen LogP contribution < -0.4 is 0 Å². The summed E-state index contributed by atoms with van der Waals surface area (Å²) >= 11 is -5.89. The molecule has 0 saturated carbocycles. The third-order valence-corrected chi connectivity index (χ3v) is 3.74. The van der Waals surface area contributed by atoms with Crippen molar-refractivity contribution in [2.24, 2.45) is 0 Å². The molecule has 56 valence electrons. The molecular formula is C4H10F3IZn. The van der Waals surface area contributed by atoms with Gasteiger partial charge in [-0.15, -0.1) is 24.0 Å². The van der Waals surface area contributed by atoms with Crippen LogP contribution in [0.2, 0.25) is 5.02 Å². The van der Waals surface area contributed by atoms with Crippen molar-refractivity contribution >= 4 is 24.0 Å². The van der Waals surface area contributed by atoms with E-state index in [-0.39, 0.29) is 24.0 Å². The molecule has 0 spiro atoms. The van der Waals surface area contributed by atoms with Crippen molar-refractivity contribution in [3.05, 3.63) is 0 Å². The predicted octanol–water partition coefficient (Wildman–Crippen LogP) is 3.63. The van der Waals surface area contributed by atoms with Gasteiger partial charge in [0.1, 0.15) is 0 Å². The molecule has 0 aliphatic heterocycles. The largest absolute Gasteiger partial charge is 0.107 e. The summed E-state index contributed by atoms with van der Waals surface area (Å²) in [4.78, 5) is 0. The Morgan fingerprint density at radius 2 is 1.67 bits per heavy atom. The fourth-order valence-electron chi connectivity index (χ4n) is 0.533. The Balaban J connectivity index is 0. The van der Waals surface area contributed by atoms with Gasteiger partial charge in [0.25, 0.3) is 0 Å². The van der Waals surface area contributed by atoms with Crippen molar-refractivity contribution in [3.8, 4) is 0 Å². The smallest absolute Gasteiger partial charge is 0.107 e. The van der Waals surface area contributed by atoms with E-state index >= 15 is 0 Å². The Kier molecular flexibility index (Phi) is 8.37. The first-order valence-corrected chi connectivity index (χ1v) is 8.47. The minimum Gasteiger partial charge on any atom is -0.107 e. The summed E-state index contributed by atoms with van der Waals surface area (Å²) in [6.45, 7) is 1.78. The number of hydrogen-bond acceptors (Lipinski definition) is 0. The fourth-order valence-corrected chi connectivity index (χ4v) is 2.77. The molecule has 0 saturated heterocycles. The van der Waals surface area contributed by atoms with Gasteiger partial charge in [-0.25, -0.2) is 0 Å². The van der Waals surface area contributed by atoms with E-state index in [0.29, 0.717) is 12.8 Å². The van der Waals surface area contributed by atoms with Crippen molar-refractivity contribution < 1.29 is 26.2 Å². The maximum Gasteiger partial charge on any atom is -0.107 e. The van der Waals surface area contributed by atoms with Gasteiger partial charge in [0.15, 0.2) is 0 Å². The van der Waals surface area contributed by atoms with E-state index in [4.69, 9.17) is 0 Å². The van der Waals surface area contributed by atoms with Crippen LogP contribution in [0.5, 0.6) is 0 Å². The van der Waals surface area contributed by atoms with E-state index in [0.717, 1.165) is 0 Å². The van der Waals surface area contributed by atoms with Gasteiger partial charge in [0.05, 0.1) is 0 Å². The Bertz CT molecular complexity index is 63.3. The average Bonchev–Trinajstić information content (AvgIpc) is 1.59. The quantitative estimate of drug-likeness (QED) is 0.552. The van der Waals surface area contributed by atoms with Gasteiger partial charge in [0, 0.05) is 0 Å². The first-order valence-electron chi connectivity index (χ1n) is 3.01. The third-order valence-electron chi connectivity index (χ3n) is 1.00. The fraction of sp³-hybridized carbons (Fsp3) is 1.00. The molecule has 0 nitrogen and oxygen atoms in total. The SMILES string of the molecule is CCC[CH2][Zn]([F])([F])[F].I. The van der Waals surface area contributed by atoms with Crippen molar-refractivity contribution in [1.82, 2.24) is 0 Å². The van der Waals surface area contributed by atoms with Crippen LogP contribution in [0.4, 0.5) is 9.95 Å². The van der Waals surface area contributed by atoms with Crippen molar-refractivity contribution in [3.63, 3.8) is 0 Å². The molecule has 0 aliphatic carbocycles. The summed E-state index contributed by atoms with van der Waals surface area (Å²) in [6, 6.07) is 0. The summed E-state index contributed by atoms with van der Waals surface area (Å²) in [5.41, 5.74) is 0. The molecule has 9 heavy (non-hydrogen) atoms. The Morgan fingerprint density at radius 1 is 1.22 bits per heavy atom. The van der Waals surface area contributed by atoms with Crippen molar-refractivity contribution in [2.45, 2.75) is 24.8 Å². The second-order valence-electron chi connectivity index (χ2n) is 2.08. The normalized spacial score (nSPS) is 8.89. The third kappa shape index (κ3) is 12.4. The second kappa shape index (κ2) is 5.89. The standard InChI is InChI=1S/C4H9.3FH.HI.Zn/c1-3-4-2;;;;;/h1,3-4H2,2H3;4*1H;/q;;;;;+3/p-3. The zero-order valence-corrected chi connectivity index (χ0v) is 10.7. The number of halogens is 4. The van der Waals surface area contributed by atoms with Gasteiger partial charge >= 0.3 is 51.0 Å². The predicted molar refractivity (Wildman–Crippen MR) is 38.5 cm³/mol. The van der Waals surface area contributed by atoms with Gasteiger partial charge in [-0.3, -0.25) is 0 Å². The number of hydrogen-bond donors (Lipinski definition) is 0. The molecule has 0 radical (unpaired) electrons. The molecule has 0 heterocycles. The van der Waals surface area contributed by atoms with Gasteiger partial charge in [0.2, 0.25) is 0 Å². The molecule has 0 bridgehead atoms. The van der Waals surface area contributed by atoms with Crippen molar-refractivity contribution in [2.75, 3.05) is 0 Å². The Labute approximate surface area is 74.8 Å². The van der Waals surface area contributed by atoms with Crippen LogP contribution in [0.15, 0.2) is 0 Å². The molecule has 0 aromatic rings. The summed E-state index contributed by atoms with van der Waals surface area (Å²) in [6.07, 6.45) is 1.02. The van der Waals surface area contributed by atoms with Gasteiger partial charge in [-0.1, -0.05) is 0 Å². The molecule has 0 rings (SSSR count). The van der Waals surface area contributed by atoms with Crippen LogP contribution in [0.3, 0.4) is 0 Å². The summed E-state index contributed by atoms with van der Waals surface area (Å²) in [7, 11) is 0. The van der Waals surface area contributed by atoms with Gasteiger partial charge in [-0.05, 0) is 0 Å². The Morgan fingerprint density at radius 3 is 1.78 bits per heavy atom. The zero-order chi connectivity index (χ0) is 6.62. The van der Waals surface area contributed by atoms with Crippen LogP contribution in [-0.4, -0.2) is 0 Å². The molecule has 0 atom stereocenters. The van der Waals surface area contributed by atoms with Crippen LogP contribution in [0.25, 0.3) is 0 Å². The van der Waals surface area contributed by atoms with E-state index in [1.807, 2.05) is 0 Å². The van der Waals surface area contributed by atoms with Gasteiger partial charge in [-0.2, -0.15) is 0 Å². The van der Waals surface area contributed by atoms with E-state index in [1.165, 1.54) is 0 Å². The molecule has 0 aromatic heterocycles. The molecule has 0 aliphatic rings. The molecule has 0 N–H and O–H groups in total. The summed E-state index contributed by atoms with van der Waals surface area (Å²) in [5.74, 6) is 0. The monoisotopic (exact) mass is 306 g/mol. The minimum atomic E-state index is -5.89.